The molecule has 0 fully saturated rings. The van der Waals surface area contributed by atoms with Gasteiger partial charge in [0.1, 0.15) is 17.3 Å². The molecule has 2 aromatic carbocycles. The Morgan fingerprint density at radius 3 is 2.22 bits per heavy atom. The average molecular weight is 391 g/mol. The highest BCUT2D eigenvalue weighted by Gasteiger charge is 2.23. The number of methoxy groups -OCH3 is 2. The van der Waals surface area contributed by atoms with Gasteiger partial charge in [-0.15, -0.1) is 0 Å². The zero-order valence-electron chi connectivity index (χ0n) is 15.7. The second-order valence-corrected chi connectivity index (χ2v) is 8.11. The van der Waals surface area contributed by atoms with E-state index in [0.717, 1.165) is 31.2 Å². The number of nitrogens with one attached hydrogen (secondary N) is 1. The molecule has 0 bridgehead atoms. The summed E-state index contributed by atoms with van der Waals surface area (Å²) in [6, 6.07) is 10.8. The Morgan fingerprint density at radius 1 is 0.926 bits per heavy atom. The van der Waals surface area contributed by atoms with E-state index in [-0.39, 0.29) is 18.0 Å². The van der Waals surface area contributed by atoms with Crippen LogP contribution in [0.15, 0.2) is 41.3 Å². The van der Waals surface area contributed by atoms with Crippen LogP contribution in [0, 0.1) is 0 Å². The minimum absolute atomic E-state index is 0.140. The molecule has 146 valence electrons. The standard InChI is InChI=1S/C20H25NO5S/c1-24-17-9-5-6-10-18(17)26-12-11-21-27(22,23)20-14-16-8-4-3-7-15(16)13-19(20)25-2/h5-6,9-10,13-14,21H,3-4,7-8,11-12H2,1-2H3. The van der Waals surface area contributed by atoms with Gasteiger partial charge in [0.2, 0.25) is 10.0 Å². The molecule has 27 heavy (non-hydrogen) atoms. The second kappa shape index (κ2) is 8.63. The molecule has 6 nitrogen and oxygen atoms in total. The van der Waals surface area contributed by atoms with Crippen LogP contribution in [0.4, 0.5) is 0 Å². The first-order chi connectivity index (χ1) is 13.0. The normalized spacial score (nSPS) is 13.7. The maximum atomic E-state index is 12.8. The lowest BCUT2D eigenvalue weighted by atomic mass is 9.92. The molecule has 0 amide bonds. The highest BCUT2D eigenvalue weighted by Crippen LogP contribution is 2.32. The molecule has 1 N–H and O–H groups in total. The molecule has 7 heteroatoms. The molecular weight excluding hydrogens is 366 g/mol. The largest absolute Gasteiger partial charge is 0.495 e. The van der Waals surface area contributed by atoms with Gasteiger partial charge >= 0.3 is 0 Å². The van der Waals surface area contributed by atoms with E-state index in [0.29, 0.717) is 17.2 Å². The third kappa shape index (κ3) is 4.54. The van der Waals surface area contributed by atoms with Gasteiger partial charge < -0.3 is 14.2 Å². The molecule has 0 atom stereocenters. The van der Waals surface area contributed by atoms with Gasteiger partial charge in [0, 0.05) is 6.54 Å². The van der Waals surface area contributed by atoms with Gasteiger partial charge in [-0.1, -0.05) is 12.1 Å². The lowest BCUT2D eigenvalue weighted by Crippen LogP contribution is -2.29. The fraction of sp³-hybridized carbons (Fsp3) is 0.400. The van der Waals surface area contributed by atoms with Gasteiger partial charge in [-0.3, -0.25) is 0 Å². The van der Waals surface area contributed by atoms with Crippen LogP contribution < -0.4 is 18.9 Å². The Morgan fingerprint density at radius 2 is 1.56 bits per heavy atom. The fourth-order valence-electron chi connectivity index (χ4n) is 3.26. The van der Waals surface area contributed by atoms with Crippen molar-refractivity contribution in [3.05, 3.63) is 47.5 Å². The molecule has 1 aliphatic rings. The predicted molar refractivity (Wildman–Crippen MR) is 103 cm³/mol. The van der Waals surface area contributed by atoms with Crippen LogP contribution in [0.2, 0.25) is 0 Å². The summed E-state index contributed by atoms with van der Waals surface area (Å²) in [7, 11) is -0.636. The molecule has 2 aromatic rings. The fourth-order valence-corrected chi connectivity index (χ4v) is 4.47. The van der Waals surface area contributed by atoms with Crippen molar-refractivity contribution in [2.45, 2.75) is 30.6 Å². The van der Waals surface area contributed by atoms with Gasteiger partial charge in [0.15, 0.2) is 11.5 Å². The summed E-state index contributed by atoms with van der Waals surface area (Å²) in [5, 5.41) is 0. The summed E-state index contributed by atoms with van der Waals surface area (Å²) in [6.45, 7) is 0.327. The monoisotopic (exact) mass is 391 g/mol. The molecule has 0 aromatic heterocycles. The smallest absolute Gasteiger partial charge is 0.244 e. The molecule has 0 saturated carbocycles. The number of ether oxygens (including phenoxy) is 3. The molecule has 0 unspecified atom stereocenters. The van der Waals surface area contributed by atoms with Crippen LogP contribution >= 0.6 is 0 Å². The quantitative estimate of drug-likeness (QED) is 0.701. The minimum Gasteiger partial charge on any atom is -0.495 e. The molecule has 0 saturated heterocycles. The molecule has 0 aliphatic heterocycles. The molecule has 0 heterocycles. The number of para-hydroxylation sites is 2. The first-order valence-electron chi connectivity index (χ1n) is 9.00. The second-order valence-electron chi connectivity index (χ2n) is 6.38. The lowest BCUT2D eigenvalue weighted by Gasteiger charge is -2.19. The number of rotatable bonds is 8. The van der Waals surface area contributed by atoms with E-state index in [4.69, 9.17) is 14.2 Å². The predicted octanol–water partition coefficient (Wildman–Crippen LogP) is 2.94. The van der Waals surface area contributed by atoms with Crippen molar-refractivity contribution < 1.29 is 22.6 Å². The summed E-state index contributed by atoms with van der Waals surface area (Å²) >= 11 is 0. The summed E-state index contributed by atoms with van der Waals surface area (Å²) in [5.74, 6) is 1.57. The van der Waals surface area contributed by atoms with Crippen LogP contribution in [0.1, 0.15) is 24.0 Å². The van der Waals surface area contributed by atoms with Gasteiger partial charge in [0.05, 0.1) is 14.2 Å². The van der Waals surface area contributed by atoms with Crippen LogP contribution in [0.3, 0.4) is 0 Å². The number of sulfonamides is 1. The summed E-state index contributed by atoms with van der Waals surface area (Å²) in [6.07, 6.45) is 4.07. The number of fused-ring (bicyclic) bond motifs is 1. The SMILES string of the molecule is COc1ccccc1OCCNS(=O)(=O)c1cc2c(cc1OC)CCCC2. The highest BCUT2D eigenvalue weighted by atomic mass is 32.2. The average Bonchev–Trinajstić information content (AvgIpc) is 2.70. The van der Waals surface area contributed by atoms with Crippen LogP contribution in [0.25, 0.3) is 0 Å². The lowest BCUT2D eigenvalue weighted by molar-refractivity contribution is 0.298. The van der Waals surface area contributed by atoms with Gasteiger partial charge in [-0.2, -0.15) is 0 Å². The molecular formula is C20H25NO5S. The highest BCUT2D eigenvalue weighted by molar-refractivity contribution is 7.89. The van der Waals surface area contributed by atoms with Gasteiger partial charge in [-0.05, 0) is 61.1 Å². The van der Waals surface area contributed by atoms with Gasteiger partial charge in [0.25, 0.3) is 0 Å². The van der Waals surface area contributed by atoms with E-state index < -0.39 is 10.0 Å². The van der Waals surface area contributed by atoms with Crippen molar-refractivity contribution >= 4 is 10.0 Å². The van der Waals surface area contributed by atoms with Crippen LogP contribution in [-0.4, -0.2) is 35.8 Å². The van der Waals surface area contributed by atoms with E-state index >= 15 is 0 Å². The van der Waals surface area contributed by atoms with Crippen molar-refractivity contribution in [2.24, 2.45) is 0 Å². The first kappa shape index (κ1) is 19.5. The molecule has 3 rings (SSSR count). The molecule has 1 aliphatic carbocycles. The van der Waals surface area contributed by atoms with Crippen LogP contribution in [0.5, 0.6) is 17.2 Å². The zero-order chi connectivity index (χ0) is 19.3. The Hall–Kier alpha value is -2.25. The van der Waals surface area contributed by atoms with Crippen molar-refractivity contribution in [2.75, 3.05) is 27.4 Å². The van der Waals surface area contributed by atoms with E-state index in [1.807, 2.05) is 18.2 Å². The van der Waals surface area contributed by atoms with E-state index in [1.165, 1.54) is 12.7 Å². The topological polar surface area (TPSA) is 73.9 Å². The Balaban J connectivity index is 1.68. The minimum atomic E-state index is -3.69. The number of aryl methyl sites for hydroxylation is 2. The Kier molecular flexibility index (Phi) is 6.23. The third-order valence-electron chi connectivity index (χ3n) is 4.64. The van der Waals surface area contributed by atoms with E-state index in [9.17, 15) is 8.42 Å². The maximum Gasteiger partial charge on any atom is 0.244 e. The van der Waals surface area contributed by atoms with Crippen molar-refractivity contribution in [3.63, 3.8) is 0 Å². The van der Waals surface area contributed by atoms with Crippen molar-refractivity contribution in [3.8, 4) is 17.2 Å². The Bertz CT molecular complexity index is 895. The van der Waals surface area contributed by atoms with Crippen molar-refractivity contribution in [1.82, 2.24) is 4.72 Å². The molecule has 0 spiro atoms. The maximum absolute atomic E-state index is 12.8. The number of hydrogen-bond acceptors (Lipinski definition) is 5. The molecule has 0 radical (unpaired) electrons. The number of benzene rings is 2. The first-order valence-corrected chi connectivity index (χ1v) is 10.5. The summed E-state index contributed by atoms with van der Waals surface area (Å²) in [5.41, 5.74) is 2.27. The van der Waals surface area contributed by atoms with Gasteiger partial charge in [-0.25, -0.2) is 13.1 Å². The Labute approximate surface area is 160 Å². The van der Waals surface area contributed by atoms with Crippen LogP contribution in [-0.2, 0) is 22.9 Å². The zero-order valence-corrected chi connectivity index (χ0v) is 16.5. The summed E-state index contributed by atoms with van der Waals surface area (Å²) in [4.78, 5) is 0.183. The van der Waals surface area contributed by atoms with E-state index in [1.54, 1.807) is 25.3 Å². The van der Waals surface area contributed by atoms with E-state index in [2.05, 4.69) is 4.72 Å². The number of hydrogen-bond donors (Lipinski definition) is 1. The third-order valence-corrected chi connectivity index (χ3v) is 6.12. The summed E-state index contributed by atoms with van der Waals surface area (Å²) < 4.78 is 44.3. The van der Waals surface area contributed by atoms with Crippen molar-refractivity contribution in [1.29, 1.82) is 0 Å².